The Kier molecular flexibility index (Phi) is 6.61. The van der Waals surface area contributed by atoms with Crippen LogP contribution in [0.2, 0.25) is 0 Å². The Morgan fingerprint density at radius 3 is 2.57 bits per heavy atom. The van der Waals surface area contributed by atoms with Gasteiger partial charge in [0.1, 0.15) is 4.60 Å². The maximum Gasteiger partial charge on any atom is 0.106 e. The molecule has 1 N–H and O–H groups in total. The van der Waals surface area contributed by atoms with Gasteiger partial charge in [0, 0.05) is 45.3 Å². The molecular weight excluding hydrogens is 328 g/mol. The first-order valence-electron chi connectivity index (χ1n) is 7.81. The molecule has 1 aromatic rings. The van der Waals surface area contributed by atoms with Gasteiger partial charge >= 0.3 is 0 Å². The van der Waals surface area contributed by atoms with E-state index < -0.39 is 0 Å². The van der Waals surface area contributed by atoms with Crippen LogP contribution in [0.1, 0.15) is 19.5 Å². The third kappa shape index (κ3) is 5.33. The molecule has 0 aromatic carbocycles. The lowest BCUT2D eigenvalue weighted by Crippen LogP contribution is -2.53. The van der Waals surface area contributed by atoms with Crippen molar-refractivity contribution in [1.29, 1.82) is 0 Å². The van der Waals surface area contributed by atoms with Crippen LogP contribution in [-0.2, 0) is 6.54 Å². The molecule has 0 aliphatic carbocycles. The van der Waals surface area contributed by atoms with E-state index in [9.17, 15) is 0 Å². The molecule has 1 saturated heterocycles. The maximum absolute atomic E-state index is 4.47. The Morgan fingerprint density at radius 1 is 1.24 bits per heavy atom. The Bertz CT molecular complexity index is 430. The van der Waals surface area contributed by atoms with Crippen LogP contribution in [0.3, 0.4) is 0 Å². The summed E-state index contributed by atoms with van der Waals surface area (Å²) in [5, 5.41) is 3.58. The molecule has 1 unspecified atom stereocenters. The molecule has 0 amide bonds. The molecule has 1 aliphatic rings. The summed E-state index contributed by atoms with van der Waals surface area (Å²) < 4.78 is 0.904. The van der Waals surface area contributed by atoms with Gasteiger partial charge in [0.25, 0.3) is 0 Å². The second kappa shape index (κ2) is 8.22. The van der Waals surface area contributed by atoms with Gasteiger partial charge in [0.15, 0.2) is 0 Å². The highest BCUT2D eigenvalue weighted by Gasteiger charge is 2.24. The molecule has 1 aliphatic heterocycles. The fourth-order valence-electron chi connectivity index (χ4n) is 2.84. The Balaban J connectivity index is 1.83. The van der Waals surface area contributed by atoms with Gasteiger partial charge in [-0.3, -0.25) is 4.90 Å². The molecule has 0 bridgehead atoms. The molecular formula is C16H27BrN4. The smallest absolute Gasteiger partial charge is 0.106 e. The lowest BCUT2D eigenvalue weighted by Gasteiger charge is -2.40. The molecule has 2 heterocycles. The summed E-state index contributed by atoms with van der Waals surface area (Å²) in [6.45, 7) is 11.2. The number of nitrogens with one attached hydrogen (secondary N) is 1. The van der Waals surface area contributed by atoms with Gasteiger partial charge in [-0.15, -0.1) is 0 Å². The van der Waals surface area contributed by atoms with Gasteiger partial charge in [-0.05, 0) is 41.0 Å². The van der Waals surface area contributed by atoms with Crippen molar-refractivity contribution in [3.05, 3.63) is 28.5 Å². The first-order chi connectivity index (χ1) is 10.1. The van der Waals surface area contributed by atoms with Crippen LogP contribution in [0.25, 0.3) is 0 Å². The van der Waals surface area contributed by atoms with E-state index in [1.54, 1.807) is 0 Å². The minimum atomic E-state index is 0.603. The molecule has 0 spiro atoms. The van der Waals surface area contributed by atoms with Gasteiger partial charge in [0.05, 0.1) is 5.69 Å². The maximum atomic E-state index is 4.47. The van der Waals surface area contributed by atoms with Crippen molar-refractivity contribution in [1.82, 2.24) is 20.1 Å². The van der Waals surface area contributed by atoms with Crippen molar-refractivity contribution in [3.63, 3.8) is 0 Å². The van der Waals surface area contributed by atoms with Crippen LogP contribution in [0.5, 0.6) is 0 Å². The molecule has 1 aromatic heterocycles. The van der Waals surface area contributed by atoms with Crippen LogP contribution in [0.4, 0.5) is 0 Å². The van der Waals surface area contributed by atoms with Gasteiger partial charge in [-0.2, -0.15) is 0 Å². The van der Waals surface area contributed by atoms with Gasteiger partial charge in [-0.25, -0.2) is 4.98 Å². The number of likely N-dealkylation sites (N-methyl/N-ethyl adjacent to an activating group) is 1. The number of halogens is 1. The summed E-state index contributed by atoms with van der Waals surface area (Å²) in [5.74, 6) is 0.663. The Morgan fingerprint density at radius 2 is 1.95 bits per heavy atom. The van der Waals surface area contributed by atoms with Gasteiger partial charge in [0.2, 0.25) is 0 Å². The largest absolute Gasteiger partial charge is 0.310 e. The number of hydrogen-bond donors (Lipinski definition) is 1. The van der Waals surface area contributed by atoms with E-state index in [-0.39, 0.29) is 0 Å². The fraction of sp³-hybridized carbons (Fsp3) is 0.688. The first-order valence-corrected chi connectivity index (χ1v) is 8.60. The molecule has 4 nitrogen and oxygen atoms in total. The third-order valence-electron chi connectivity index (χ3n) is 4.21. The lowest BCUT2D eigenvalue weighted by atomic mass is 10.0. The van der Waals surface area contributed by atoms with E-state index in [0.717, 1.165) is 23.4 Å². The van der Waals surface area contributed by atoms with E-state index in [0.29, 0.717) is 12.0 Å². The Hall–Kier alpha value is -0.490. The summed E-state index contributed by atoms with van der Waals surface area (Å²) in [6, 6.07) is 6.67. The zero-order chi connectivity index (χ0) is 15.2. The number of hydrogen-bond acceptors (Lipinski definition) is 4. The molecule has 1 atom stereocenters. The van der Waals surface area contributed by atoms with Crippen molar-refractivity contribution in [2.75, 3.05) is 39.8 Å². The highest BCUT2D eigenvalue weighted by atomic mass is 79.9. The van der Waals surface area contributed by atoms with Crippen LogP contribution < -0.4 is 5.32 Å². The number of aromatic nitrogens is 1. The minimum absolute atomic E-state index is 0.603. The third-order valence-corrected chi connectivity index (χ3v) is 4.65. The zero-order valence-corrected chi connectivity index (χ0v) is 14.9. The van der Waals surface area contributed by atoms with Crippen LogP contribution in [0, 0.1) is 5.92 Å². The molecule has 5 heteroatoms. The lowest BCUT2D eigenvalue weighted by molar-refractivity contribution is 0.0875. The molecule has 21 heavy (non-hydrogen) atoms. The van der Waals surface area contributed by atoms with E-state index in [2.05, 4.69) is 63.0 Å². The average Bonchev–Trinajstić information content (AvgIpc) is 2.45. The first kappa shape index (κ1) is 16.9. The zero-order valence-electron chi connectivity index (χ0n) is 13.3. The van der Waals surface area contributed by atoms with Crippen LogP contribution in [0.15, 0.2) is 22.8 Å². The summed E-state index contributed by atoms with van der Waals surface area (Å²) >= 11 is 3.42. The van der Waals surface area contributed by atoms with Crippen LogP contribution >= 0.6 is 15.9 Å². The van der Waals surface area contributed by atoms with Crippen molar-refractivity contribution in [2.24, 2.45) is 5.92 Å². The van der Waals surface area contributed by atoms with Gasteiger partial charge < -0.3 is 10.2 Å². The van der Waals surface area contributed by atoms with E-state index in [4.69, 9.17) is 0 Å². The van der Waals surface area contributed by atoms with E-state index >= 15 is 0 Å². The number of piperazine rings is 1. The summed E-state index contributed by atoms with van der Waals surface area (Å²) in [4.78, 5) is 9.51. The van der Waals surface area contributed by atoms with Crippen LogP contribution in [-0.4, -0.2) is 60.6 Å². The predicted octanol–water partition coefficient (Wildman–Crippen LogP) is 2.21. The predicted molar refractivity (Wildman–Crippen MR) is 91.3 cm³/mol. The summed E-state index contributed by atoms with van der Waals surface area (Å²) in [5.41, 5.74) is 1.09. The molecule has 0 radical (unpaired) electrons. The highest BCUT2D eigenvalue weighted by Crippen LogP contribution is 2.13. The number of rotatable bonds is 6. The molecule has 118 valence electrons. The molecule has 2 rings (SSSR count). The monoisotopic (exact) mass is 354 g/mol. The fourth-order valence-corrected chi connectivity index (χ4v) is 3.22. The molecule has 1 fully saturated rings. The Labute approximate surface area is 137 Å². The molecule has 0 saturated carbocycles. The second-order valence-corrected chi connectivity index (χ2v) is 7.05. The second-order valence-electron chi connectivity index (χ2n) is 6.23. The van der Waals surface area contributed by atoms with Crippen molar-refractivity contribution < 1.29 is 0 Å². The standard InChI is InChI=1S/C16H27BrN4/c1-13(2)15(21-9-7-20(3)8-10-21)12-18-11-14-5-4-6-16(17)19-14/h4-6,13,15,18H,7-12H2,1-3H3. The average molecular weight is 355 g/mol. The SMILES string of the molecule is CC(C)C(CNCc1cccc(Br)n1)N1CCN(C)CC1. The summed E-state index contributed by atoms with van der Waals surface area (Å²) in [7, 11) is 2.21. The number of pyridine rings is 1. The summed E-state index contributed by atoms with van der Waals surface area (Å²) in [6.07, 6.45) is 0. The van der Waals surface area contributed by atoms with E-state index in [1.165, 1.54) is 26.2 Å². The van der Waals surface area contributed by atoms with Crippen molar-refractivity contribution >= 4 is 15.9 Å². The highest BCUT2D eigenvalue weighted by molar-refractivity contribution is 9.10. The normalized spacial score (nSPS) is 19.1. The van der Waals surface area contributed by atoms with Crippen molar-refractivity contribution in [3.8, 4) is 0 Å². The van der Waals surface area contributed by atoms with Crippen molar-refractivity contribution in [2.45, 2.75) is 26.4 Å². The van der Waals surface area contributed by atoms with E-state index in [1.807, 2.05) is 12.1 Å². The quantitative estimate of drug-likeness (QED) is 0.793. The minimum Gasteiger partial charge on any atom is -0.310 e. The number of nitrogens with zero attached hydrogens (tertiary/aromatic N) is 3. The topological polar surface area (TPSA) is 31.4 Å². The van der Waals surface area contributed by atoms with Gasteiger partial charge in [-0.1, -0.05) is 19.9 Å².